The first kappa shape index (κ1) is 26.4. The number of aryl methyl sites for hydroxylation is 2. The van der Waals surface area contributed by atoms with Crippen molar-refractivity contribution < 1.29 is 22.7 Å². The summed E-state index contributed by atoms with van der Waals surface area (Å²) < 4.78 is 1.37. The molecule has 3 rings (SSSR count). The van der Waals surface area contributed by atoms with Gasteiger partial charge in [-0.15, -0.1) is 0 Å². The maximum atomic E-state index is 11.0. The van der Waals surface area contributed by atoms with Gasteiger partial charge in [0.2, 0.25) is 11.4 Å². The molecule has 3 heteroatoms. The Labute approximate surface area is 204 Å². The van der Waals surface area contributed by atoms with Crippen LogP contribution in [0.4, 0.5) is 0 Å². The molecule has 176 valence electrons. The summed E-state index contributed by atoms with van der Waals surface area (Å²) in [5.74, 6) is 0. The van der Waals surface area contributed by atoms with Crippen molar-refractivity contribution in [2.24, 2.45) is 0 Å². The van der Waals surface area contributed by atoms with Crippen LogP contribution < -0.4 is 0 Å². The van der Waals surface area contributed by atoms with Gasteiger partial charge in [-0.25, -0.2) is 4.70 Å². The Morgan fingerprint density at radius 1 is 0.781 bits per heavy atom. The number of rotatable bonds is 10. The molecule has 0 bridgehead atoms. The molecule has 0 aliphatic carbocycles. The molecule has 2 aromatic carbocycles. The molecule has 0 spiro atoms. The molecule has 1 heterocycles. The second kappa shape index (κ2) is 14.4. The topological polar surface area (TPSA) is 25.3 Å². The summed E-state index contributed by atoms with van der Waals surface area (Å²) in [6, 6.07) is 17.1. The Hall–Kier alpha value is -1.82. The van der Waals surface area contributed by atoms with E-state index in [0.717, 1.165) is 58.9 Å². The van der Waals surface area contributed by atoms with Crippen molar-refractivity contribution in [3.05, 3.63) is 88.0 Å². The molecule has 2 aromatic rings. The fourth-order valence-corrected chi connectivity index (χ4v) is 4.64. The van der Waals surface area contributed by atoms with E-state index >= 15 is 0 Å². The molecule has 2 nitrogen and oxygen atoms in total. The van der Waals surface area contributed by atoms with E-state index in [1.165, 1.54) is 51.3 Å². The number of allylic oxidation sites excluding steroid dienone is 2. The standard InChI is InChI=1S/C25H30N2.2C2H5.Pd/c1-4-6-10-20-12-8-14-22(17-20)24-16-19(3)25(27(24)26)23-15-9-13-21(18-23)11-7-5-2;2*1-2;/h8-9,12-18H,4-7,10-11H2,1-3H3;2*1H2,2H3;. The van der Waals surface area contributed by atoms with Crippen molar-refractivity contribution in [3.63, 3.8) is 0 Å². The Morgan fingerprint density at radius 2 is 1.31 bits per heavy atom. The molecule has 0 radical (unpaired) electrons. The molecule has 1 aliphatic heterocycles. The molecule has 0 aromatic heterocycles. The number of hydrogen-bond donors (Lipinski definition) is 0. The van der Waals surface area contributed by atoms with E-state index in [1.807, 2.05) is 0 Å². The molecule has 32 heavy (non-hydrogen) atoms. The van der Waals surface area contributed by atoms with Gasteiger partial charge in [-0.3, -0.25) is 0 Å². The maximum absolute atomic E-state index is 11.0. The third kappa shape index (κ3) is 7.65. The minimum atomic E-state index is 0.861. The van der Waals surface area contributed by atoms with Crippen molar-refractivity contribution in [2.45, 2.75) is 82.9 Å². The summed E-state index contributed by atoms with van der Waals surface area (Å²) in [6.45, 7) is 11.0. The van der Waals surface area contributed by atoms with E-state index in [4.69, 9.17) is 0 Å². The number of unbranched alkanes of at least 4 members (excludes halogenated alkanes) is 2. The van der Waals surface area contributed by atoms with Gasteiger partial charge in [-0.05, 0) is 68.0 Å². The first-order valence-corrected chi connectivity index (χ1v) is 14.3. The predicted octanol–water partition coefficient (Wildman–Crippen LogP) is 9.14. The van der Waals surface area contributed by atoms with Crippen LogP contribution in [0.25, 0.3) is 16.9 Å². The zero-order valence-corrected chi connectivity index (χ0v) is 22.1. The van der Waals surface area contributed by atoms with Gasteiger partial charge >= 0.3 is 41.6 Å². The van der Waals surface area contributed by atoms with Crippen molar-refractivity contribution in [2.75, 3.05) is 0 Å². The molecule has 0 amide bonds. The normalized spacial score (nSPS) is 13.3. The molecular formula is C29H40N2Pd. The average molecular weight is 523 g/mol. The van der Waals surface area contributed by atoms with Crippen LogP contribution in [0.5, 0.6) is 0 Å². The third-order valence-electron chi connectivity index (χ3n) is 5.54. The molecule has 0 unspecified atom stereocenters. The Morgan fingerprint density at radius 3 is 1.81 bits per heavy atom. The minimum absolute atomic E-state index is 0.861. The predicted molar refractivity (Wildman–Crippen MR) is 135 cm³/mol. The fourth-order valence-electron chi connectivity index (χ4n) is 3.86. The summed E-state index contributed by atoms with van der Waals surface area (Å²) in [6.07, 6.45) is 9.03. The van der Waals surface area contributed by atoms with E-state index in [1.54, 1.807) is 0 Å². The summed E-state index contributed by atoms with van der Waals surface area (Å²) in [5, 5.41) is 0. The quantitative estimate of drug-likeness (QED) is 0.219. The van der Waals surface area contributed by atoms with Crippen LogP contribution in [-0.4, -0.2) is 4.70 Å². The van der Waals surface area contributed by atoms with E-state index in [-0.39, 0.29) is 0 Å². The molecular weight excluding hydrogens is 483 g/mol. The first-order chi connectivity index (χ1) is 15.5. The molecule has 0 saturated carbocycles. The van der Waals surface area contributed by atoms with Crippen molar-refractivity contribution >= 4 is 11.4 Å². The van der Waals surface area contributed by atoms with Crippen LogP contribution in [0, 0.1) is 0 Å². The Kier molecular flexibility index (Phi) is 11.9. The van der Waals surface area contributed by atoms with Gasteiger partial charge in [0, 0.05) is 22.8 Å². The van der Waals surface area contributed by atoms with Crippen LogP contribution >= 0.6 is 0 Å². The third-order valence-corrected chi connectivity index (χ3v) is 7.10. The van der Waals surface area contributed by atoms with Gasteiger partial charge in [0.15, 0.2) is 0 Å². The monoisotopic (exact) mass is 522 g/mol. The second-order valence-corrected chi connectivity index (χ2v) is 11.1. The summed E-state index contributed by atoms with van der Waals surface area (Å²) in [4.78, 5) is 2.79. The number of hydrogen-bond acceptors (Lipinski definition) is 0. The Bertz CT molecular complexity index is 938. The zero-order valence-electron chi connectivity index (χ0n) is 20.6. The number of nitrogens with zero attached hydrogens (tertiary/aromatic N) is 2. The van der Waals surface area contributed by atoms with Gasteiger partial charge in [-0.1, -0.05) is 51.0 Å². The van der Waals surface area contributed by atoms with Crippen LogP contribution in [-0.2, 0) is 30.8 Å². The van der Waals surface area contributed by atoms with E-state index in [2.05, 4.69) is 89.2 Å². The van der Waals surface area contributed by atoms with Gasteiger partial charge < -0.3 is 5.53 Å². The molecule has 0 atom stereocenters. The molecule has 0 N–H and O–H groups in total. The van der Waals surface area contributed by atoms with E-state index in [0.29, 0.717) is 0 Å². The van der Waals surface area contributed by atoms with Crippen molar-refractivity contribution in [1.29, 1.82) is 0 Å². The summed E-state index contributed by atoms with van der Waals surface area (Å²) >= 11 is 1.04. The van der Waals surface area contributed by atoms with Crippen LogP contribution in [0.3, 0.4) is 0 Å². The molecule has 0 saturated heterocycles. The van der Waals surface area contributed by atoms with Gasteiger partial charge in [0.1, 0.15) is 0 Å². The van der Waals surface area contributed by atoms with E-state index in [9.17, 15) is 5.53 Å². The first-order valence-electron chi connectivity index (χ1n) is 12.1. The van der Waals surface area contributed by atoms with Crippen molar-refractivity contribution in [3.8, 4) is 0 Å². The van der Waals surface area contributed by atoms with E-state index < -0.39 is 0 Å². The van der Waals surface area contributed by atoms with Gasteiger partial charge in [0.05, 0.1) is 0 Å². The van der Waals surface area contributed by atoms with Crippen molar-refractivity contribution in [1.82, 2.24) is 0 Å². The summed E-state index contributed by atoms with van der Waals surface area (Å²) in [5.41, 5.74) is 18.6. The zero-order chi connectivity index (χ0) is 23.3. The van der Waals surface area contributed by atoms with Crippen LogP contribution in [0.1, 0.15) is 82.6 Å². The summed E-state index contributed by atoms with van der Waals surface area (Å²) in [7, 11) is 0. The second-order valence-electron chi connectivity index (χ2n) is 8.09. The number of benzene rings is 2. The van der Waals surface area contributed by atoms with Gasteiger partial charge in [0.25, 0.3) is 0 Å². The van der Waals surface area contributed by atoms with Gasteiger partial charge in [-0.2, -0.15) is 0 Å². The molecule has 1 aliphatic rings. The Balaban J connectivity index is 0.000000654. The molecule has 0 fully saturated rings. The van der Waals surface area contributed by atoms with Crippen LogP contribution in [0.15, 0.2) is 60.2 Å². The van der Waals surface area contributed by atoms with Crippen LogP contribution in [0.2, 0.25) is 9.79 Å². The fraction of sp³-hybridized carbons (Fsp3) is 0.448. The SMILES string of the molecule is CCCCc1cccc(C2=CC(C)=C(c3cccc(CCCC)c3)[N+]2=[N-])c1.C[CH2][Pd][CH2]C. The average Bonchev–Trinajstić information content (AvgIpc) is 3.11.